The molecule has 0 bridgehead atoms. The van der Waals surface area contributed by atoms with E-state index in [1.807, 2.05) is 48.7 Å². The number of amides is 1. The number of hydrogen-bond donors (Lipinski definition) is 1. The Bertz CT molecular complexity index is 1000. The van der Waals surface area contributed by atoms with Gasteiger partial charge in [0.25, 0.3) is 0 Å². The Balaban J connectivity index is 1.88. The normalized spacial score (nSPS) is 16.1. The van der Waals surface area contributed by atoms with Crippen molar-refractivity contribution in [3.63, 3.8) is 0 Å². The molecule has 0 atom stereocenters. The summed E-state index contributed by atoms with van der Waals surface area (Å²) in [4.78, 5) is 12.4. The topological polar surface area (TPSA) is 59.3 Å². The molecule has 1 amide bonds. The summed E-state index contributed by atoms with van der Waals surface area (Å²) in [5, 5.41) is 12.6. The van der Waals surface area contributed by atoms with E-state index in [2.05, 4.69) is 27.6 Å². The van der Waals surface area contributed by atoms with E-state index in [0.29, 0.717) is 0 Å². The Morgan fingerprint density at radius 3 is 2.48 bits per heavy atom. The van der Waals surface area contributed by atoms with Gasteiger partial charge >= 0.3 is 0 Å². The van der Waals surface area contributed by atoms with Gasteiger partial charge in [-0.25, -0.2) is 0 Å². The molecule has 0 saturated heterocycles. The number of halogens is 1. The number of pyridine rings is 1. The van der Waals surface area contributed by atoms with E-state index >= 15 is 0 Å². The molecule has 0 spiro atoms. The number of rotatable bonds is 4. The van der Waals surface area contributed by atoms with E-state index in [1.54, 1.807) is 7.05 Å². The van der Waals surface area contributed by atoms with E-state index in [1.165, 1.54) is 5.56 Å². The SMILES string of the molecule is CNC(=O)C(C)(C)c1cccn2c(C3(c4ccc(Cl)cc4)CCC3)nnc12. The lowest BCUT2D eigenvalue weighted by Gasteiger charge is -2.41. The number of nitrogens with zero attached hydrogens (tertiary/aromatic N) is 3. The number of nitrogens with one attached hydrogen (secondary N) is 1. The fourth-order valence-electron chi connectivity index (χ4n) is 4.11. The van der Waals surface area contributed by atoms with Crippen LogP contribution in [0.25, 0.3) is 5.65 Å². The highest BCUT2D eigenvalue weighted by atomic mass is 35.5. The number of carbonyl (C=O) groups is 1. The summed E-state index contributed by atoms with van der Waals surface area (Å²) in [6.45, 7) is 3.82. The first-order chi connectivity index (χ1) is 12.9. The fraction of sp³-hybridized carbons (Fsp3) is 0.381. The molecule has 5 nitrogen and oxygen atoms in total. The number of aromatic nitrogens is 3. The van der Waals surface area contributed by atoms with Crippen LogP contribution in [0.1, 0.15) is 50.1 Å². The van der Waals surface area contributed by atoms with Crippen LogP contribution in [0.2, 0.25) is 5.02 Å². The Morgan fingerprint density at radius 2 is 1.89 bits per heavy atom. The summed E-state index contributed by atoms with van der Waals surface area (Å²) in [6.07, 6.45) is 5.20. The molecule has 2 heterocycles. The van der Waals surface area contributed by atoms with Crippen molar-refractivity contribution in [2.75, 3.05) is 7.05 Å². The van der Waals surface area contributed by atoms with Crippen LogP contribution in [-0.4, -0.2) is 27.6 Å². The molecule has 3 aromatic rings. The number of benzene rings is 1. The van der Waals surface area contributed by atoms with Gasteiger partial charge in [0, 0.05) is 23.8 Å². The highest BCUT2D eigenvalue weighted by Gasteiger charge is 2.44. The Labute approximate surface area is 163 Å². The second-order valence-corrected chi connectivity index (χ2v) is 8.22. The van der Waals surface area contributed by atoms with Crippen LogP contribution < -0.4 is 5.32 Å². The third kappa shape index (κ3) is 2.64. The minimum absolute atomic E-state index is 0.0452. The van der Waals surface area contributed by atoms with Crippen molar-refractivity contribution in [1.82, 2.24) is 19.9 Å². The summed E-state index contributed by atoms with van der Waals surface area (Å²) in [5.74, 6) is 0.886. The van der Waals surface area contributed by atoms with Gasteiger partial charge in [-0.05, 0) is 50.5 Å². The van der Waals surface area contributed by atoms with Crippen LogP contribution in [0.5, 0.6) is 0 Å². The maximum atomic E-state index is 12.4. The maximum absolute atomic E-state index is 12.4. The second-order valence-electron chi connectivity index (χ2n) is 7.79. The molecule has 140 valence electrons. The summed E-state index contributed by atoms with van der Waals surface area (Å²) in [7, 11) is 1.66. The molecule has 1 N–H and O–H groups in total. The molecule has 1 aliphatic rings. The van der Waals surface area contributed by atoms with Gasteiger partial charge in [-0.1, -0.05) is 36.2 Å². The van der Waals surface area contributed by atoms with Crippen molar-refractivity contribution >= 4 is 23.2 Å². The summed E-state index contributed by atoms with van der Waals surface area (Å²) in [5.41, 5.74) is 1.97. The zero-order valence-corrected chi connectivity index (χ0v) is 16.5. The molecule has 27 heavy (non-hydrogen) atoms. The molecule has 1 aromatic carbocycles. The van der Waals surface area contributed by atoms with E-state index in [4.69, 9.17) is 11.6 Å². The lowest BCUT2D eigenvalue weighted by atomic mass is 9.64. The molecule has 0 radical (unpaired) electrons. The fourth-order valence-corrected chi connectivity index (χ4v) is 4.23. The zero-order chi connectivity index (χ0) is 19.2. The molecule has 0 unspecified atom stereocenters. The number of hydrogen-bond acceptors (Lipinski definition) is 3. The largest absolute Gasteiger partial charge is 0.358 e. The predicted octanol–water partition coefficient (Wildman–Crippen LogP) is 3.88. The average molecular weight is 383 g/mol. The Hall–Kier alpha value is -2.40. The number of fused-ring (bicyclic) bond motifs is 1. The van der Waals surface area contributed by atoms with Crippen molar-refractivity contribution in [3.8, 4) is 0 Å². The van der Waals surface area contributed by atoms with Gasteiger partial charge in [0.2, 0.25) is 5.91 Å². The Kier molecular flexibility index (Phi) is 4.22. The summed E-state index contributed by atoms with van der Waals surface area (Å²) < 4.78 is 2.05. The van der Waals surface area contributed by atoms with Crippen LogP contribution in [0.3, 0.4) is 0 Å². The third-order valence-corrected chi connectivity index (χ3v) is 6.19. The molecule has 1 fully saturated rings. The van der Waals surface area contributed by atoms with E-state index in [-0.39, 0.29) is 11.3 Å². The smallest absolute Gasteiger partial charge is 0.229 e. The van der Waals surface area contributed by atoms with E-state index in [0.717, 1.165) is 41.3 Å². The van der Waals surface area contributed by atoms with Gasteiger partial charge in [0.05, 0.1) is 10.8 Å². The van der Waals surface area contributed by atoms with E-state index < -0.39 is 5.41 Å². The van der Waals surface area contributed by atoms with Crippen LogP contribution in [0, 0.1) is 0 Å². The van der Waals surface area contributed by atoms with Gasteiger partial charge in [0.15, 0.2) is 5.65 Å². The molecule has 2 aromatic heterocycles. The van der Waals surface area contributed by atoms with Crippen molar-refractivity contribution in [2.45, 2.75) is 43.9 Å². The van der Waals surface area contributed by atoms with Crippen LogP contribution in [-0.2, 0) is 15.6 Å². The average Bonchev–Trinajstić information content (AvgIpc) is 3.06. The number of carbonyl (C=O) groups excluding carboxylic acids is 1. The first kappa shape index (κ1) is 18.0. The van der Waals surface area contributed by atoms with Gasteiger partial charge in [0.1, 0.15) is 5.82 Å². The second kappa shape index (κ2) is 6.34. The summed E-state index contributed by atoms with van der Waals surface area (Å²) >= 11 is 6.09. The van der Waals surface area contributed by atoms with Gasteiger partial charge in [-0.15, -0.1) is 10.2 Å². The molecular weight excluding hydrogens is 360 g/mol. The Morgan fingerprint density at radius 1 is 1.19 bits per heavy atom. The standard InChI is InChI=1S/C21H23ClN4O/c1-20(2,19(27)23-3)16-6-4-13-26-17(16)24-25-18(26)21(11-5-12-21)14-7-9-15(22)10-8-14/h4,6-10,13H,5,11-12H2,1-3H3,(H,23,27). The van der Waals surface area contributed by atoms with Crippen LogP contribution in [0.4, 0.5) is 0 Å². The lowest BCUT2D eigenvalue weighted by Crippen LogP contribution is -2.39. The minimum Gasteiger partial charge on any atom is -0.358 e. The quantitative estimate of drug-likeness (QED) is 0.745. The van der Waals surface area contributed by atoms with Gasteiger partial charge in [-0.3, -0.25) is 9.20 Å². The molecule has 6 heteroatoms. The third-order valence-electron chi connectivity index (χ3n) is 5.93. The van der Waals surface area contributed by atoms with Crippen LogP contribution in [0.15, 0.2) is 42.6 Å². The van der Waals surface area contributed by atoms with Crippen molar-refractivity contribution in [1.29, 1.82) is 0 Å². The number of likely N-dealkylation sites (N-methyl/N-ethyl adjacent to an activating group) is 1. The molecule has 4 rings (SSSR count). The van der Waals surface area contributed by atoms with Gasteiger partial charge in [-0.2, -0.15) is 0 Å². The van der Waals surface area contributed by atoms with Crippen molar-refractivity contribution < 1.29 is 4.79 Å². The lowest BCUT2D eigenvalue weighted by molar-refractivity contribution is -0.125. The molecular formula is C21H23ClN4O. The molecule has 1 aliphatic carbocycles. The summed E-state index contributed by atoms with van der Waals surface area (Å²) in [6, 6.07) is 12.0. The van der Waals surface area contributed by atoms with Crippen molar-refractivity contribution in [2.24, 2.45) is 0 Å². The van der Waals surface area contributed by atoms with Crippen molar-refractivity contribution in [3.05, 3.63) is 64.6 Å². The highest BCUT2D eigenvalue weighted by molar-refractivity contribution is 6.30. The predicted molar refractivity (Wildman–Crippen MR) is 106 cm³/mol. The zero-order valence-electron chi connectivity index (χ0n) is 15.8. The minimum atomic E-state index is -0.700. The first-order valence-corrected chi connectivity index (χ1v) is 9.61. The monoisotopic (exact) mass is 382 g/mol. The molecule has 1 saturated carbocycles. The molecule has 0 aliphatic heterocycles. The maximum Gasteiger partial charge on any atom is 0.229 e. The van der Waals surface area contributed by atoms with Gasteiger partial charge < -0.3 is 5.32 Å². The van der Waals surface area contributed by atoms with Crippen LogP contribution >= 0.6 is 11.6 Å². The van der Waals surface area contributed by atoms with E-state index in [9.17, 15) is 4.79 Å². The highest BCUT2D eigenvalue weighted by Crippen LogP contribution is 2.48. The first-order valence-electron chi connectivity index (χ1n) is 9.23.